The molecule has 16 heteroatoms. The summed E-state index contributed by atoms with van der Waals surface area (Å²) in [6.07, 6.45) is 2.06. The second kappa shape index (κ2) is 12.5. The largest absolute Gasteiger partial charge is 0.414 e. The molecular weight excluding hydrogens is 531 g/mol. The molecule has 0 bridgehead atoms. The number of carbonyl (C=O) groups is 1. The summed E-state index contributed by atoms with van der Waals surface area (Å²) in [5, 5.41) is 5.42. The number of aliphatic imine (C=N–C) groups is 3. The zero-order chi connectivity index (χ0) is 27.1. The van der Waals surface area contributed by atoms with E-state index in [1.807, 2.05) is 0 Å². The maximum Gasteiger partial charge on any atom is 0.356 e. The molecule has 0 aromatic rings. The minimum atomic E-state index is -3.42. The molecule has 1 amide bonds. The number of nitrogens with zero attached hydrogens (tertiary/aromatic N) is 3. The summed E-state index contributed by atoms with van der Waals surface area (Å²) in [5.74, 6) is -1.58. The van der Waals surface area contributed by atoms with Crippen molar-refractivity contribution in [3.8, 4) is 0 Å². The standard InChI is InChI=1S/C20H38ClN6O7PSi/c1-8-31-35(29,32-9-2)15-30-10-16(11-33-36(6,7)18(3,4)5)34-27-20-19(26-14-28,23-13-25-20)17(21)22-12-24-20/h12-14,16,27H,8-11,15H2,1-7H3,(H,23,25)(H,26,28). The summed E-state index contributed by atoms with van der Waals surface area (Å²) in [4.78, 5) is 29.9. The lowest BCUT2D eigenvalue weighted by atomic mass is 10.0. The van der Waals surface area contributed by atoms with Crippen LogP contribution in [0.2, 0.25) is 18.1 Å². The van der Waals surface area contributed by atoms with Gasteiger partial charge in [0, 0.05) is 0 Å². The van der Waals surface area contributed by atoms with Crippen molar-refractivity contribution in [2.75, 3.05) is 32.8 Å². The van der Waals surface area contributed by atoms with Crippen molar-refractivity contribution in [3.63, 3.8) is 0 Å². The lowest BCUT2D eigenvalue weighted by molar-refractivity contribution is -0.125. The first-order valence-electron chi connectivity index (χ1n) is 11.6. The lowest BCUT2D eigenvalue weighted by Crippen LogP contribution is -2.74. The molecule has 0 aromatic heterocycles. The number of hydrogen-bond acceptors (Lipinski definition) is 12. The molecule has 13 nitrogen and oxygen atoms in total. The fourth-order valence-corrected chi connectivity index (χ4v) is 5.69. The third-order valence-electron chi connectivity index (χ3n) is 6.06. The molecule has 3 N–H and O–H groups in total. The number of amides is 1. The van der Waals surface area contributed by atoms with Crippen LogP contribution in [0, 0.1) is 0 Å². The van der Waals surface area contributed by atoms with Gasteiger partial charge in [0.1, 0.15) is 18.8 Å². The molecule has 36 heavy (non-hydrogen) atoms. The second-order valence-corrected chi connectivity index (χ2v) is 16.8. The highest BCUT2D eigenvalue weighted by Gasteiger charge is 2.60. The summed E-state index contributed by atoms with van der Waals surface area (Å²) in [7, 11) is -5.56. The van der Waals surface area contributed by atoms with E-state index in [4.69, 9.17) is 34.6 Å². The number of nitrogens with one attached hydrogen (secondary N) is 3. The van der Waals surface area contributed by atoms with Crippen LogP contribution in [-0.2, 0) is 32.4 Å². The first kappa shape index (κ1) is 31.0. The van der Waals surface area contributed by atoms with Gasteiger partial charge in [-0.2, -0.15) is 5.48 Å². The summed E-state index contributed by atoms with van der Waals surface area (Å²) >= 11 is 6.32. The van der Waals surface area contributed by atoms with Crippen LogP contribution >= 0.6 is 19.2 Å². The molecule has 206 valence electrons. The predicted molar refractivity (Wildman–Crippen MR) is 141 cm³/mol. The van der Waals surface area contributed by atoms with E-state index in [1.165, 1.54) is 12.7 Å². The Morgan fingerprint density at radius 2 is 1.89 bits per heavy atom. The quantitative estimate of drug-likeness (QED) is 0.110. The number of ether oxygens (including phenoxy) is 1. The van der Waals surface area contributed by atoms with Crippen LogP contribution in [0.15, 0.2) is 15.0 Å². The van der Waals surface area contributed by atoms with Crippen molar-refractivity contribution in [2.45, 2.75) is 70.3 Å². The molecule has 0 saturated heterocycles. The van der Waals surface area contributed by atoms with Gasteiger partial charge in [-0.1, -0.05) is 32.4 Å². The van der Waals surface area contributed by atoms with Crippen LogP contribution < -0.4 is 16.1 Å². The first-order valence-corrected chi connectivity index (χ1v) is 16.6. The predicted octanol–water partition coefficient (Wildman–Crippen LogP) is 2.55. The van der Waals surface area contributed by atoms with Gasteiger partial charge in [0.05, 0.1) is 32.8 Å². The van der Waals surface area contributed by atoms with Gasteiger partial charge in [-0.15, -0.1) is 0 Å². The van der Waals surface area contributed by atoms with E-state index in [1.54, 1.807) is 13.8 Å². The lowest BCUT2D eigenvalue weighted by Gasteiger charge is -2.41. The Kier molecular flexibility index (Phi) is 10.8. The zero-order valence-electron chi connectivity index (χ0n) is 21.9. The van der Waals surface area contributed by atoms with Crippen molar-refractivity contribution in [3.05, 3.63) is 0 Å². The molecule has 2 aliphatic rings. The topological polar surface area (TPSA) is 153 Å². The van der Waals surface area contributed by atoms with Crippen molar-refractivity contribution < 1.29 is 32.4 Å². The molecule has 0 aliphatic carbocycles. The first-order chi connectivity index (χ1) is 16.8. The van der Waals surface area contributed by atoms with Crippen molar-refractivity contribution in [1.82, 2.24) is 16.1 Å². The summed E-state index contributed by atoms with van der Waals surface area (Å²) in [5.41, 5.74) is 1.32. The molecule has 2 aliphatic heterocycles. The maximum atomic E-state index is 12.8. The Balaban J connectivity index is 2.18. The van der Waals surface area contributed by atoms with Crippen LogP contribution in [0.5, 0.6) is 0 Å². The monoisotopic (exact) mass is 568 g/mol. The average Bonchev–Trinajstić information content (AvgIpc) is 3.15. The molecule has 0 radical (unpaired) electrons. The fraction of sp³-hybridized carbons (Fsp3) is 0.800. The highest BCUT2D eigenvalue weighted by molar-refractivity contribution is 7.53. The minimum Gasteiger partial charge on any atom is -0.414 e. The summed E-state index contributed by atoms with van der Waals surface area (Å²) < 4.78 is 35.4. The fourth-order valence-electron chi connectivity index (χ4n) is 3.03. The minimum absolute atomic E-state index is 0.00195. The molecule has 2 rings (SSSR count). The van der Waals surface area contributed by atoms with Crippen molar-refractivity contribution in [2.24, 2.45) is 15.0 Å². The molecule has 0 aromatic carbocycles. The SMILES string of the molecule is CCOP(=O)(COCC(CO[Si](C)(C)C(C)(C)C)ONC12N=CN=C(Cl)C1(NC=O)NC=N2)OCC. The third-order valence-corrected chi connectivity index (χ3v) is 12.7. The molecule has 0 fully saturated rings. The van der Waals surface area contributed by atoms with Gasteiger partial charge in [-0.3, -0.25) is 14.2 Å². The van der Waals surface area contributed by atoms with Crippen LogP contribution in [-0.4, -0.2) is 82.9 Å². The summed E-state index contributed by atoms with van der Waals surface area (Å²) in [6, 6.07) is 0. The van der Waals surface area contributed by atoms with Crippen molar-refractivity contribution >= 4 is 51.8 Å². The molecule has 3 unspecified atom stereocenters. The van der Waals surface area contributed by atoms with Gasteiger partial charge in [0.2, 0.25) is 12.1 Å². The highest BCUT2D eigenvalue weighted by atomic mass is 35.5. The average molecular weight is 569 g/mol. The van der Waals surface area contributed by atoms with Crippen molar-refractivity contribution in [1.29, 1.82) is 0 Å². The van der Waals surface area contributed by atoms with Crippen LogP contribution in [0.4, 0.5) is 0 Å². The van der Waals surface area contributed by atoms with E-state index in [0.717, 1.165) is 0 Å². The molecular formula is C20H38ClN6O7PSi. The van der Waals surface area contributed by atoms with E-state index in [9.17, 15) is 9.36 Å². The molecule has 2 heterocycles. The third kappa shape index (κ3) is 7.00. The van der Waals surface area contributed by atoms with Gasteiger partial charge < -0.3 is 28.8 Å². The molecule has 3 atom stereocenters. The van der Waals surface area contributed by atoms with E-state index >= 15 is 0 Å². The van der Waals surface area contributed by atoms with Gasteiger partial charge in [-0.05, 0) is 32.0 Å². The van der Waals surface area contributed by atoms with Gasteiger partial charge >= 0.3 is 7.60 Å². The zero-order valence-corrected chi connectivity index (χ0v) is 24.5. The summed E-state index contributed by atoms with van der Waals surface area (Å²) in [6.45, 7) is 14.6. The number of carbonyl (C=O) groups excluding carboxylic acids is 1. The Hall–Kier alpha value is -1.22. The van der Waals surface area contributed by atoms with E-state index in [0.29, 0.717) is 6.41 Å². The maximum absolute atomic E-state index is 12.8. The Morgan fingerprint density at radius 3 is 2.47 bits per heavy atom. The number of hydrogen-bond donors (Lipinski definition) is 3. The van der Waals surface area contributed by atoms with Crippen LogP contribution in [0.3, 0.4) is 0 Å². The molecule has 0 spiro atoms. The normalized spacial score (nSPS) is 24.7. The van der Waals surface area contributed by atoms with E-state index in [-0.39, 0.29) is 43.0 Å². The van der Waals surface area contributed by atoms with E-state index in [2.05, 4.69) is 65.0 Å². The van der Waals surface area contributed by atoms with Crippen LogP contribution in [0.25, 0.3) is 0 Å². The second-order valence-electron chi connectivity index (χ2n) is 9.61. The highest BCUT2D eigenvalue weighted by Crippen LogP contribution is 2.47. The van der Waals surface area contributed by atoms with Gasteiger partial charge in [-0.25, -0.2) is 15.0 Å². The number of halogens is 1. The Bertz CT molecular complexity index is 892. The smallest absolute Gasteiger partial charge is 0.356 e. The number of fused-ring (bicyclic) bond motifs is 1. The van der Waals surface area contributed by atoms with Crippen LogP contribution in [0.1, 0.15) is 34.6 Å². The molecule has 0 saturated carbocycles. The Morgan fingerprint density at radius 1 is 1.22 bits per heavy atom. The number of rotatable bonds is 16. The van der Waals surface area contributed by atoms with Gasteiger partial charge in [0.25, 0.3) is 5.79 Å². The van der Waals surface area contributed by atoms with E-state index < -0.39 is 33.5 Å². The van der Waals surface area contributed by atoms with Gasteiger partial charge in [0.15, 0.2) is 13.5 Å². The number of hydroxylamine groups is 1. The Labute approximate surface area is 218 Å².